The van der Waals surface area contributed by atoms with Gasteiger partial charge >= 0.3 is 12.0 Å². The van der Waals surface area contributed by atoms with Gasteiger partial charge in [-0.3, -0.25) is 0 Å². The normalized spacial score (nSPS) is 12.9. The first-order valence-corrected chi connectivity index (χ1v) is 6.59. The van der Waals surface area contributed by atoms with Crippen molar-refractivity contribution in [2.45, 2.75) is 13.1 Å². The van der Waals surface area contributed by atoms with Crippen LogP contribution in [0.15, 0.2) is 48.5 Å². The van der Waals surface area contributed by atoms with E-state index in [1.54, 1.807) is 17.0 Å². The van der Waals surface area contributed by atoms with E-state index in [-0.39, 0.29) is 11.6 Å². The van der Waals surface area contributed by atoms with Crippen molar-refractivity contribution in [3.8, 4) is 0 Å². The second-order valence-electron chi connectivity index (χ2n) is 4.94. The highest BCUT2D eigenvalue weighted by Gasteiger charge is 2.22. The highest BCUT2D eigenvalue weighted by atomic mass is 16.4. The van der Waals surface area contributed by atoms with Crippen molar-refractivity contribution in [1.82, 2.24) is 4.90 Å². The maximum atomic E-state index is 12.2. The van der Waals surface area contributed by atoms with Crippen molar-refractivity contribution in [3.05, 3.63) is 65.2 Å². The van der Waals surface area contributed by atoms with Gasteiger partial charge in [0.25, 0.3) is 0 Å². The Morgan fingerprint density at radius 2 is 1.67 bits per heavy atom. The van der Waals surface area contributed by atoms with Gasteiger partial charge in [0.15, 0.2) is 0 Å². The lowest BCUT2D eigenvalue weighted by Crippen LogP contribution is -2.30. The predicted octanol–water partition coefficient (Wildman–Crippen LogP) is 2.93. The van der Waals surface area contributed by atoms with Crippen LogP contribution in [0.1, 0.15) is 21.5 Å². The molecule has 0 saturated heterocycles. The zero-order valence-electron chi connectivity index (χ0n) is 11.2. The number of urea groups is 1. The Kier molecular flexibility index (Phi) is 3.31. The average Bonchev–Trinajstić information content (AvgIpc) is 2.91. The van der Waals surface area contributed by atoms with E-state index >= 15 is 0 Å². The van der Waals surface area contributed by atoms with Crippen molar-refractivity contribution in [1.29, 1.82) is 0 Å². The summed E-state index contributed by atoms with van der Waals surface area (Å²) in [5, 5.41) is 11.7. The van der Waals surface area contributed by atoms with E-state index in [9.17, 15) is 9.59 Å². The Balaban J connectivity index is 1.71. The van der Waals surface area contributed by atoms with Gasteiger partial charge in [-0.15, -0.1) is 0 Å². The molecule has 0 bridgehead atoms. The summed E-state index contributed by atoms with van der Waals surface area (Å²) in [4.78, 5) is 24.8. The number of hydrogen-bond acceptors (Lipinski definition) is 2. The van der Waals surface area contributed by atoms with Gasteiger partial charge in [0.05, 0.1) is 5.56 Å². The molecule has 1 aliphatic heterocycles. The fraction of sp³-hybridized carbons (Fsp3) is 0.125. The van der Waals surface area contributed by atoms with Gasteiger partial charge in [-0.25, -0.2) is 9.59 Å². The number of carbonyl (C=O) groups is 2. The Hall–Kier alpha value is -2.82. The number of amides is 2. The standard InChI is InChI=1S/C16H14N2O3/c19-15(20)11-6-3-7-14(8-11)17-16(21)18-9-12-4-1-2-5-13(12)10-18/h1-8H,9-10H2,(H,17,21)(H,19,20). The molecule has 1 aliphatic rings. The summed E-state index contributed by atoms with van der Waals surface area (Å²) in [5.41, 5.74) is 2.92. The molecule has 2 N–H and O–H groups in total. The minimum absolute atomic E-state index is 0.150. The largest absolute Gasteiger partial charge is 0.478 e. The van der Waals surface area contributed by atoms with Gasteiger partial charge < -0.3 is 15.3 Å². The molecule has 21 heavy (non-hydrogen) atoms. The van der Waals surface area contributed by atoms with Gasteiger partial charge in [-0.1, -0.05) is 30.3 Å². The van der Waals surface area contributed by atoms with E-state index in [2.05, 4.69) is 5.32 Å². The monoisotopic (exact) mass is 282 g/mol. The van der Waals surface area contributed by atoms with Crippen LogP contribution in [0, 0.1) is 0 Å². The van der Waals surface area contributed by atoms with Crippen molar-refractivity contribution in [3.63, 3.8) is 0 Å². The molecule has 0 atom stereocenters. The Morgan fingerprint density at radius 1 is 1.00 bits per heavy atom. The zero-order valence-corrected chi connectivity index (χ0v) is 11.2. The van der Waals surface area contributed by atoms with Crippen molar-refractivity contribution in [2.24, 2.45) is 0 Å². The minimum atomic E-state index is -1.01. The molecule has 1 heterocycles. The molecule has 2 amide bonds. The van der Waals surface area contributed by atoms with E-state index in [4.69, 9.17) is 5.11 Å². The zero-order chi connectivity index (χ0) is 14.8. The number of nitrogens with one attached hydrogen (secondary N) is 1. The molecule has 0 aromatic heterocycles. The SMILES string of the molecule is O=C(O)c1cccc(NC(=O)N2Cc3ccccc3C2)c1. The van der Waals surface area contributed by atoms with E-state index in [0.717, 1.165) is 11.1 Å². The number of fused-ring (bicyclic) bond motifs is 1. The van der Waals surface area contributed by atoms with Crippen LogP contribution >= 0.6 is 0 Å². The molecule has 0 radical (unpaired) electrons. The summed E-state index contributed by atoms with van der Waals surface area (Å²) in [5.74, 6) is -1.01. The third kappa shape index (κ3) is 2.72. The molecule has 5 nitrogen and oxygen atoms in total. The molecule has 0 unspecified atom stereocenters. The predicted molar refractivity (Wildman–Crippen MR) is 78.1 cm³/mol. The van der Waals surface area contributed by atoms with E-state index in [0.29, 0.717) is 18.8 Å². The molecule has 2 aromatic rings. The number of hydrogen-bond donors (Lipinski definition) is 2. The Bertz CT molecular complexity index is 687. The molecule has 2 aromatic carbocycles. The van der Waals surface area contributed by atoms with Crippen LogP contribution in [-0.2, 0) is 13.1 Å². The fourth-order valence-electron chi connectivity index (χ4n) is 2.41. The number of benzene rings is 2. The number of carbonyl (C=O) groups excluding carboxylic acids is 1. The van der Waals surface area contributed by atoms with Crippen LogP contribution in [0.4, 0.5) is 10.5 Å². The smallest absolute Gasteiger partial charge is 0.335 e. The molecule has 0 saturated carbocycles. The number of anilines is 1. The average molecular weight is 282 g/mol. The molecule has 0 fully saturated rings. The van der Waals surface area contributed by atoms with E-state index in [1.807, 2.05) is 24.3 Å². The van der Waals surface area contributed by atoms with Gasteiger partial charge in [-0.05, 0) is 29.3 Å². The highest BCUT2D eigenvalue weighted by molar-refractivity contribution is 5.93. The summed E-state index contributed by atoms with van der Waals surface area (Å²) in [6, 6.07) is 13.9. The van der Waals surface area contributed by atoms with E-state index < -0.39 is 5.97 Å². The second kappa shape index (κ2) is 5.28. The first kappa shape index (κ1) is 13.2. The van der Waals surface area contributed by atoms with Crippen LogP contribution < -0.4 is 5.32 Å². The molecular weight excluding hydrogens is 268 g/mol. The van der Waals surface area contributed by atoms with Crippen LogP contribution in [-0.4, -0.2) is 22.0 Å². The summed E-state index contributed by atoms with van der Waals surface area (Å²) in [6.45, 7) is 1.14. The maximum Gasteiger partial charge on any atom is 0.335 e. The van der Waals surface area contributed by atoms with E-state index in [1.165, 1.54) is 12.1 Å². The summed E-state index contributed by atoms with van der Waals surface area (Å²) in [6.07, 6.45) is 0. The van der Waals surface area contributed by atoms with Gasteiger partial charge in [-0.2, -0.15) is 0 Å². The van der Waals surface area contributed by atoms with Crippen molar-refractivity contribution in [2.75, 3.05) is 5.32 Å². The number of aromatic carboxylic acids is 1. The lowest BCUT2D eigenvalue weighted by Gasteiger charge is -2.16. The highest BCUT2D eigenvalue weighted by Crippen LogP contribution is 2.23. The first-order valence-electron chi connectivity index (χ1n) is 6.59. The lowest BCUT2D eigenvalue weighted by molar-refractivity contribution is 0.0697. The molecule has 106 valence electrons. The van der Waals surface area contributed by atoms with Crippen LogP contribution in [0.25, 0.3) is 0 Å². The Labute approximate surface area is 121 Å². The Morgan fingerprint density at radius 3 is 2.29 bits per heavy atom. The third-order valence-corrected chi connectivity index (χ3v) is 3.49. The second-order valence-corrected chi connectivity index (χ2v) is 4.94. The van der Waals surface area contributed by atoms with Crippen LogP contribution in [0.3, 0.4) is 0 Å². The van der Waals surface area contributed by atoms with Crippen LogP contribution in [0.5, 0.6) is 0 Å². The number of carboxylic acid groups (broad SMARTS) is 1. The van der Waals surface area contributed by atoms with Crippen molar-refractivity contribution >= 4 is 17.7 Å². The summed E-state index contributed by atoms with van der Waals surface area (Å²) in [7, 11) is 0. The summed E-state index contributed by atoms with van der Waals surface area (Å²) < 4.78 is 0. The van der Waals surface area contributed by atoms with Gasteiger partial charge in [0.2, 0.25) is 0 Å². The molecule has 5 heteroatoms. The summed E-state index contributed by atoms with van der Waals surface area (Å²) >= 11 is 0. The number of carboxylic acids is 1. The third-order valence-electron chi connectivity index (χ3n) is 3.49. The molecule has 3 rings (SSSR count). The molecule has 0 spiro atoms. The number of nitrogens with zero attached hydrogens (tertiary/aromatic N) is 1. The van der Waals surface area contributed by atoms with Gasteiger partial charge in [0.1, 0.15) is 0 Å². The maximum absolute atomic E-state index is 12.2. The fourth-order valence-corrected chi connectivity index (χ4v) is 2.41. The quantitative estimate of drug-likeness (QED) is 0.889. The minimum Gasteiger partial charge on any atom is -0.478 e. The first-order chi connectivity index (χ1) is 10.1. The van der Waals surface area contributed by atoms with Gasteiger partial charge in [0, 0.05) is 18.8 Å². The van der Waals surface area contributed by atoms with Crippen LogP contribution in [0.2, 0.25) is 0 Å². The lowest BCUT2D eigenvalue weighted by atomic mass is 10.1. The topological polar surface area (TPSA) is 69.6 Å². The number of rotatable bonds is 2. The van der Waals surface area contributed by atoms with Crippen molar-refractivity contribution < 1.29 is 14.7 Å². The molecular formula is C16H14N2O3. The molecule has 0 aliphatic carbocycles.